The highest BCUT2D eigenvalue weighted by atomic mass is 32.1. The molecule has 4 amide bonds. The first kappa shape index (κ1) is 26.2. The number of carbonyl (C=O) groups is 4. The second-order valence-corrected chi connectivity index (χ2v) is 9.61. The highest BCUT2D eigenvalue weighted by Gasteiger charge is 2.24. The molecule has 0 aliphatic rings. The van der Waals surface area contributed by atoms with Crippen LogP contribution < -0.4 is 26.8 Å². The summed E-state index contributed by atoms with van der Waals surface area (Å²) < 4.78 is 10.2. The van der Waals surface area contributed by atoms with Crippen molar-refractivity contribution < 1.29 is 28.7 Å². The molecule has 0 saturated heterocycles. The van der Waals surface area contributed by atoms with Crippen LogP contribution in [-0.4, -0.2) is 29.6 Å². The number of nitrogens with two attached hydrogens (primary N) is 2. The second kappa shape index (κ2) is 10.9. The highest BCUT2D eigenvalue weighted by molar-refractivity contribution is 7.13. The molecule has 0 saturated carbocycles. The van der Waals surface area contributed by atoms with E-state index in [1.807, 2.05) is 17.5 Å². The van der Waals surface area contributed by atoms with Gasteiger partial charge in [-0.25, -0.2) is 9.59 Å². The summed E-state index contributed by atoms with van der Waals surface area (Å²) >= 11 is 1.51. The first-order valence-electron chi connectivity index (χ1n) is 10.8. The molecule has 6 N–H and O–H groups in total. The fourth-order valence-electron chi connectivity index (χ4n) is 3.19. The van der Waals surface area contributed by atoms with Crippen molar-refractivity contribution in [2.75, 3.05) is 5.32 Å². The first-order valence-corrected chi connectivity index (χ1v) is 11.7. The number of benzene rings is 2. The number of rotatable bonds is 7. The smallest absolute Gasteiger partial charge is 0.410 e. The number of carbonyl (C=O) groups excluding carboxylic acids is 4. The van der Waals surface area contributed by atoms with Gasteiger partial charge < -0.3 is 31.6 Å². The second-order valence-electron chi connectivity index (χ2n) is 8.67. The number of nitrogens with one attached hydrogen (secondary N) is 2. The first-order chi connectivity index (χ1) is 16.9. The Morgan fingerprint density at radius 3 is 2.22 bits per heavy atom. The van der Waals surface area contributed by atoms with Crippen molar-refractivity contribution in [2.24, 2.45) is 11.5 Å². The van der Waals surface area contributed by atoms with Gasteiger partial charge >= 0.3 is 12.2 Å². The monoisotopic (exact) mass is 510 g/mol. The number of amides is 4. The predicted octanol–water partition coefficient (Wildman–Crippen LogP) is 4.18. The van der Waals surface area contributed by atoms with E-state index in [1.165, 1.54) is 35.6 Å². The summed E-state index contributed by atoms with van der Waals surface area (Å²) in [6.07, 6.45) is -1.82. The Balaban J connectivity index is 1.80. The number of hydrogen-bond acceptors (Lipinski definition) is 7. The Kier molecular flexibility index (Phi) is 7.95. The Labute approximate surface area is 211 Å². The summed E-state index contributed by atoms with van der Waals surface area (Å²) in [4.78, 5) is 49.2. The van der Waals surface area contributed by atoms with Crippen molar-refractivity contribution in [3.63, 3.8) is 0 Å². The highest BCUT2D eigenvalue weighted by Crippen LogP contribution is 2.33. The minimum atomic E-state index is -1.16. The minimum Gasteiger partial charge on any atom is -0.444 e. The molecule has 1 aromatic heterocycles. The summed E-state index contributed by atoms with van der Waals surface area (Å²) in [5, 5.41) is 7.06. The summed E-state index contributed by atoms with van der Waals surface area (Å²) in [6, 6.07) is 13.5. The molecular weight excluding hydrogens is 484 g/mol. The number of ether oxygens (including phenoxy) is 2. The van der Waals surface area contributed by atoms with E-state index in [-0.39, 0.29) is 17.0 Å². The van der Waals surface area contributed by atoms with Crippen LogP contribution in [0.1, 0.15) is 42.7 Å². The largest absolute Gasteiger partial charge is 0.444 e. The lowest BCUT2D eigenvalue weighted by atomic mass is 10.0. The Morgan fingerprint density at radius 1 is 0.972 bits per heavy atom. The van der Waals surface area contributed by atoms with Crippen LogP contribution in [0.25, 0.3) is 10.4 Å². The standard InChI is InChI=1S/C25H26N4O6S/c1-25(2,3)35-24(33)29-20(21(26)30)14-6-8-15(9-7-14)22(31)28-17-13-16(19-5-4-12-36-19)10-11-18(17)34-23(27)32/h4-13,20H,1-3H3,(H2,26,30)(H2,27,32)(H,28,31)(H,29,33). The van der Waals surface area contributed by atoms with E-state index < -0.39 is 35.6 Å². The van der Waals surface area contributed by atoms with Crippen LogP contribution in [0.15, 0.2) is 60.0 Å². The van der Waals surface area contributed by atoms with Crippen molar-refractivity contribution >= 4 is 41.0 Å². The molecule has 0 spiro atoms. The summed E-state index contributed by atoms with van der Waals surface area (Å²) in [7, 11) is 0. The van der Waals surface area contributed by atoms with Gasteiger partial charge in [-0.05, 0) is 73.7 Å². The van der Waals surface area contributed by atoms with Gasteiger partial charge in [-0.15, -0.1) is 11.3 Å². The van der Waals surface area contributed by atoms with E-state index in [4.69, 9.17) is 20.9 Å². The van der Waals surface area contributed by atoms with E-state index in [9.17, 15) is 19.2 Å². The summed E-state index contributed by atoms with van der Waals surface area (Å²) in [5.41, 5.74) is 11.5. The van der Waals surface area contributed by atoms with Crippen LogP contribution in [0.5, 0.6) is 5.75 Å². The lowest BCUT2D eigenvalue weighted by Gasteiger charge is -2.22. The van der Waals surface area contributed by atoms with Gasteiger partial charge in [-0.1, -0.05) is 18.2 Å². The van der Waals surface area contributed by atoms with Gasteiger partial charge in [0.1, 0.15) is 11.6 Å². The molecule has 36 heavy (non-hydrogen) atoms. The zero-order chi connectivity index (χ0) is 26.5. The molecule has 2 aromatic carbocycles. The van der Waals surface area contributed by atoms with Gasteiger partial charge in [-0.2, -0.15) is 0 Å². The molecule has 1 heterocycles. The topological polar surface area (TPSA) is 163 Å². The minimum absolute atomic E-state index is 0.0862. The maximum absolute atomic E-state index is 12.9. The van der Waals surface area contributed by atoms with E-state index in [0.29, 0.717) is 5.56 Å². The van der Waals surface area contributed by atoms with Crippen LogP contribution >= 0.6 is 11.3 Å². The van der Waals surface area contributed by atoms with E-state index >= 15 is 0 Å². The molecule has 3 rings (SSSR count). The molecule has 0 fully saturated rings. The predicted molar refractivity (Wildman–Crippen MR) is 136 cm³/mol. The lowest BCUT2D eigenvalue weighted by Crippen LogP contribution is -2.40. The van der Waals surface area contributed by atoms with E-state index in [1.54, 1.807) is 39.0 Å². The molecule has 11 heteroatoms. The number of thiophene rings is 1. The maximum Gasteiger partial charge on any atom is 0.410 e. The maximum atomic E-state index is 12.9. The van der Waals surface area contributed by atoms with Gasteiger partial charge in [0.05, 0.1) is 5.69 Å². The molecule has 1 unspecified atom stereocenters. The molecule has 0 aliphatic carbocycles. The summed E-state index contributed by atoms with van der Waals surface area (Å²) in [6.45, 7) is 5.07. The third kappa shape index (κ3) is 7.06. The molecule has 0 radical (unpaired) electrons. The van der Waals surface area contributed by atoms with Crippen molar-refractivity contribution in [3.05, 3.63) is 71.1 Å². The molecule has 0 bridgehead atoms. The van der Waals surface area contributed by atoms with Crippen molar-refractivity contribution in [2.45, 2.75) is 32.4 Å². The van der Waals surface area contributed by atoms with Crippen LogP contribution in [-0.2, 0) is 9.53 Å². The molecule has 3 aromatic rings. The fraction of sp³-hybridized carbons (Fsp3) is 0.200. The Hall–Kier alpha value is -4.38. The quantitative estimate of drug-likeness (QED) is 0.373. The number of anilines is 1. The van der Waals surface area contributed by atoms with Crippen LogP contribution in [0.3, 0.4) is 0 Å². The third-order valence-electron chi connectivity index (χ3n) is 4.70. The summed E-state index contributed by atoms with van der Waals surface area (Å²) in [5.74, 6) is -1.21. The third-order valence-corrected chi connectivity index (χ3v) is 5.61. The van der Waals surface area contributed by atoms with E-state index in [0.717, 1.165) is 10.4 Å². The zero-order valence-corrected chi connectivity index (χ0v) is 20.7. The van der Waals surface area contributed by atoms with Crippen LogP contribution in [0.4, 0.5) is 15.3 Å². The normalized spacial score (nSPS) is 11.8. The van der Waals surface area contributed by atoms with Gasteiger partial charge in [-0.3, -0.25) is 9.59 Å². The van der Waals surface area contributed by atoms with Gasteiger partial charge in [0, 0.05) is 10.4 Å². The molecule has 188 valence electrons. The van der Waals surface area contributed by atoms with Gasteiger partial charge in [0.25, 0.3) is 5.91 Å². The van der Waals surface area contributed by atoms with Gasteiger partial charge in [0.2, 0.25) is 5.91 Å². The van der Waals surface area contributed by atoms with Crippen LogP contribution in [0.2, 0.25) is 0 Å². The van der Waals surface area contributed by atoms with Crippen LogP contribution in [0, 0.1) is 0 Å². The Bertz CT molecular complexity index is 1270. The molecule has 0 aliphatic heterocycles. The van der Waals surface area contributed by atoms with E-state index in [2.05, 4.69) is 10.6 Å². The zero-order valence-electron chi connectivity index (χ0n) is 19.9. The van der Waals surface area contributed by atoms with Crippen molar-refractivity contribution in [1.29, 1.82) is 0 Å². The molecular formula is C25H26N4O6S. The fourth-order valence-corrected chi connectivity index (χ4v) is 3.91. The van der Waals surface area contributed by atoms with Gasteiger partial charge in [0.15, 0.2) is 5.75 Å². The number of alkyl carbamates (subject to hydrolysis) is 1. The molecule has 10 nitrogen and oxygen atoms in total. The molecule has 1 atom stereocenters. The lowest BCUT2D eigenvalue weighted by molar-refractivity contribution is -0.120. The average Bonchev–Trinajstić information content (AvgIpc) is 3.32. The SMILES string of the molecule is CC(C)(C)OC(=O)NC(C(N)=O)c1ccc(C(=O)Nc2cc(-c3cccs3)ccc2OC(N)=O)cc1. The average molecular weight is 511 g/mol. The number of primary amides is 2. The van der Waals surface area contributed by atoms with Crippen molar-refractivity contribution in [1.82, 2.24) is 5.32 Å². The number of hydrogen-bond donors (Lipinski definition) is 4. The Morgan fingerprint density at radius 2 is 1.67 bits per heavy atom. The van der Waals surface area contributed by atoms with Crippen molar-refractivity contribution in [3.8, 4) is 16.2 Å².